The third-order valence-corrected chi connectivity index (χ3v) is 2.70. The van der Waals surface area contributed by atoms with Crippen molar-refractivity contribution in [2.24, 2.45) is 0 Å². The van der Waals surface area contributed by atoms with Crippen molar-refractivity contribution in [1.82, 2.24) is 4.90 Å². The minimum absolute atomic E-state index is 0.266. The molecule has 5 nitrogen and oxygen atoms in total. The molecule has 0 atom stereocenters. The van der Waals surface area contributed by atoms with Crippen LogP contribution in [0.15, 0.2) is 36.5 Å². The Morgan fingerprint density at radius 1 is 1.10 bits per heavy atom. The molecule has 104 valence electrons. The minimum atomic E-state index is -0.785. The molecule has 1 aliphatic heterocycles. The Labute approximate surface area is 116 Å². The van der Waals surface area contributed by atoms with Crippen LogP contribution in [0.4, 0.5) is 0 Å². The van der Waals surface area contributed by atoms with E-state index in [1.54, 1.807) is 32.9 Å². The summed E-state index contributed by atoms with van der Waals surface area (Å²) in [5.41, 5.74) is -0.464. The molecule has 1 aromatic rings. The minimum Gasteiger partial charge on any atom is -0.455 e. The zero-order chi connectivity index (χ0) is 15.1. The highest BCUT2D eigenvalue weighted by Crippen LogP contribution is 2.26. The summed E-state index contributed by atoms with van der Waals surface area (Å²) in [6.07, 6.45) is 0. The van der Waals surface area contributed by atoms with Crippen molar-refractivity contribution in [3.05, 3.63) is 47.7 Å². The lowest BCUT2D eigenvalue weighted by Gasteiger charge is -2.22. The highest BCUT2D eigenvalue weighted by molar-refractivity contribution is 6.24. The van der Waals surface area contributed by atoms with Crippen molar-refractivity contribution in [3.63, 3.8) is 0 Å². The normalized spacial score (nSPS) is 14.2. The van der Waals surface area contributed by atoms with Gasteiger partial charge in [-0.2, -0.15) is 0 Å². The van der Waals surface area contributed by atoms with E-state index >= 15 is 0 Å². The van der Waals surface area contributed by atoms with E-state index in [-0.39, 0.29) is 16.8 Å². The van der Waals surface area contributed by atoms with Gasteiger partial charge in [0.05, 0.1) is 11.1 Å². The van der Waals surface area contributed by atoms with E-state index in [4.69, 9.17) is 4.74 Å². The lowest BCUT2D eigenvalue weighted by molar-refractivity contribution is -0.151. The van der Waals surface area contributed by atoms with Crippen LogP contribution in [0.1, 0.15) is 41.5 Å². The van der Waals surface area contributed by atoms with Gasteiger partial charge in [-0.25, -0.2) is 9.69 Å². The first-order valence-corrected chi connectivity index (χ1v) is 6.12. The zero-order valence-corrected chi connectivity index (χ0v) is 11.6. The van der Waals surface area contributed by atoms with Gasteiger partial charge < -0.3 is 4.74 Å². The summed E-state index contributed by atoms with van der Waals surface area (Å²) in [5, 5.41) is 0. The smallest absolute Gasteiger partial charge is 0.355 e. The summed E-state index contributed by atoms with van der Waals surface area (Å²) < 4.78 is 5.12. The first-order valence-electron chi connectivity index (χ1n) is 6.12. The molecular weight excluding hydrogens is 258 g/mol. The second-order valence-corrected chi connectivity index (χ2v) is 5.44. The number of rotatable bonds is 2. The molecule has 0 saturated carbocycles. The molecule has 1 heterocycles. The largest absolute Gasteiger partial charge is 0.455 e. The molecule has 1 aromatic carbocycles. The van der Waals surface area contributed by atoms with Crippen LogP contribution in [0.2, 0.25) is 0 Å². The average molecular weight is 273 g/mol. The molecule has 0 aliphatic carbocycles. The maximum Gasteiger partial charge on any atom is 0.355 e. The van der Waals surface area contributed by atoms with Gasteiger partial charge in [-0.05, 0) is 32.9 Å². The molecule has 0 spiro atoms. The van der Waals surface area contributed by atoms with Gasteiger partial charge in [0.25, 0.3) is 11.8 Å². The third kappa shape index (κ3) is 2.34. The SMILES string of the molecule is C=C(C(=O)OC(C)(C)C)N1C(=O)c2ccccc2C1=O. The Morgan fingerprint density at radius 2 is 1.55 bits per heavy atom. The maximum absolute atomic E-state index is 12.2. The quantitative estimate of drug-likeness (QED) is 0.470. The molecule has 0 N–H and O–H groups in total. The number of hydrogen-bond acceptors (Lipinski definition) is 4. The second kappa shape index (κ2) is 4.59. The van der Waals surface area contributed by atoms with Crippen molar-refractivity contribution >= 4 is 17.8 Å². The number of imide groups is 1. The number of hydrogen-bond donors (Lipinski definition) is 0. The van der Waals surface area contributed by atoms with E-state index in [9.17, 15) is 14.4 Å². The van der Waals surface area contributed by atoms with Gasteiger partial charge in [0.1, 0.15) is 11.3 Å². The number of benzene rings is 1. The van der Waals surface area contributed by atoms with Crippen LogP contribution in [0.25, 0.3) is 0 Å². The lowest BCUT2D eigenvalue weighted by Crippen LogP contribution is -2.35. The predicted molar refractivity (Wildman–Crippen MR) is 71.9 cm³/mol. The summed E-state index contributed by atoms with van der Waals surface area (Å²) in [5.74, 6) is -1.89. The molecule has 0 radical (unpaired) electrons. The zero-order valence-electron chi connectivity index (χ0n) is 11.6. The molecular formula is C15H15NO4. The second-order valence-electron chi connectivity index (χ2n) is 5.44. The first kappa shape index (κ1) is 14.0. The van der Waals surface area contributed by atoms with Crippen LogP contribution in [0, 0.1) is 0 Å². The number of fused-ring (bicyclic) bond motifs is 1. The van der Waals surface area contributed by atoms with Crippen molar-refractivity contribution in [3.8, 4) is 0 Å². The summed E-state index contributed by atoms with van der Waals surface area (Å²) >= 11 is 0. The molecule has 0 fully saturated rings. The molecule has 2 rings (SSSR count). The van der Waals surface area contributed by atoms with Crippen molar-refractivity contribution in [2.75, 3.05) is 0 Å². The number of carbonyl (C=O) groups is 3. The Kier molecular flexibility index (Phi) is 3.21. The van der Waals surface area contributed by atoms with Crippen molar-refractivity contribution < 1.29 is 19.1 Å². The van der Waals surface area contributed by atoms with Crippen molar-refractivity contribution in [2.45, 2.75) is 26.4 Å². The third-order valence-electron chi connectivity index (χ3n) is 2.70. The first-order chi connectivity index (χ1) is 9.22. The molecule has 0 bridgehead atoms. The van der Waals surface area contributed by atoms with Crippen LogP contribution in [0.5, 0.6) is 0 Å². The number of nitrogens with zero attached hydrogens (tertiary/aromatic N) is 1. The standard InChI is InChI=1S/C15H15NO4/c1-9(14(19)20-15(2,3)4)16-12(17)10-7-5-6-8-11(10)13(16)18/h5-8H,1H2,2-4H3. The Bertz CT molecular complexity index is 590. The Hall–Kier alpha value is -2.43. The summed E-state index contributed by atoms with van der Waals surface area (Å²) in [6.45, 7) is 8.60. The van der Waals surface area contributed by atoms with Gasteiger partial charge in [-0.15, -0.1) is 0 Å². The van der Waals surface area contributed by atoms with Gasteiger partial charge in [0.15, 0.2) is 0 Å². The maximum atomic E-state index is 12.2. The average Bonchev–Trinajstić information content (AvgIpc) is 2.60. The summed E-state index contributed by atoms with van der Waals surface area (Å²) in [4.78, 5) is 37.0. The highest BCUT2D eigenvalue weighted by atomic mass is 16.6. The van der Waals surface area contributed by atoms with Crippen LogP contribution < -0.4 is 0 Å². The fraction of sp³-hybridized carbons (Fsp3) is 0.267. The number of ether oxygens (including phenoxy) is 1. The van der Waals surface area contributed by atoms with Gasteiger partial charge >= 0.3 is 5.97 Å². The lowest BCUT2D eigenvalue weighted by atomic mass is 10.1. The van der Waals surface area contributed by atoms with E-state index in [0.29, 0.717) is 0 Å². The number of amides is 2. The molecule has 0 unspecified atom stereocenters. The van der Waals surface area contributed by atoms with E-state index in [0.717, 1.165) is 4.90 Å². The van der Waals surface area contributed by atoms with Crippen LogP contribution in [0.3, 0.4) is 0 Å². The molecule has 2 amide bonds. The van der Waals surface area contributed by atoms with Gasteiger partial charge in [-0.3, -0.25) is 9.59 Å². The Morgan fingerprint density at radius 3 is 1.95 bits per heavy atom. The van der Waals surface area contributed by atoms with E-state index in [2.05, 4.69) is 6.58 Å². The van der Waals surface area contributed by atoms with Gasteiger partial charge in [0, 0.05) is 0 Å². The van der Waals surface area contributed by atoms with Gasteiger partial charge in [-0.1, -0.05) is 18.7 Å². The summed E-state index contributed by atoms with van der Waals surface area (Å²) in [7, 11) is 0. The number of carbonyl (C=O) groups excluding carboxylic acids is 3. The fourth-order valence-electron chi connectivity index (χ4n) is 1.86. The predicted octanol–water partition coefficient (Wildman–Crippen LogP) is 2.14. The molecule has 0 aromatic heterocycles. The van der Waals surface area contributed by atoms with Gasteiger partial charge in [0.2, 0.25) is 0 Å². The van der Waals surface area contributed by atoms with E-state index in [1.165, 1.54) is 12.1 Å². The van der Waals surface area contributed by atoms with Crippen LogP contribution in [-0.4, -0.2) is 28.3 Å². The summed E-state index contributed by atoms with van der Waals surface area (Å²) in [6, 6.07) is 6.39. The van der Waals surface area contributed by atoms with E-state index < -0.39 is 23.4 Å². The fourth-order valence-corrected chi connectivity index (χ4v) is 1.86. The number of esters is 1. The topological polar surface area (TPSA) is 63.7 Å². The molecule has 5 heteroatoms. The Balaban J connectivity index is 2.28. The van der Waals surface area contributed by atoms with Crippen LogP contribution >= 0.6 is 0 Å². The van der Waals surface area contributed by atoms with Crippen LogP contribution in [-0.2, 0) is 9.53 Å². The highest BCUT2D eigenvalue weighted by Gasteiger charge is 2.39. The monoisotopic (exact) mass is 273 g/mol. The molecule has 1 aliphatic rings. The molecule has 20 heavy (non-hydrogen) atoms. The van der Waals surface area contributed by atoms with Crippen molar-refractivity contribution in [1.29, 1.82) is 0 Å². The molecule has 0 saturated heterocycles. The van der Waals surface area contributed by atoms with E-state index in [1.807, 2.05) is 0 Å².